The van der Waals surface area contributed by atoms with Crippen molar-refractivity contribution < 1.29 is 19.4 Å². The van der Waals surface area contributed by atoms with Crippen LogP contribution in [-0.2, 0) is 4.74 Å². The maximum absolute atomic E-state index is 12.3. The van der Waals surface area contributed by atoms with Gasteiger partial charge < -0.3 is 20.1 Å². The summed E-state index contributed by atoms with van der Waals surface area (Å²) in [6.07, 6.45) is 0. The lowest BCUT2D eigenvalue weighted by Gasteiger charge is -2.33. The molecule has 20 heavy (non-hydrogen) atoms. The number of halogens is 1. The molecule has 0 saturated carbocycles. The summed E-state index contributed by atoms with van der Waals surface area (Å²) in [6.45, 7) is 3.34. The minimum atomic E-state index is -1.09. The smallest absolute Gasteiger partial charge is 0.337 e. The fraction of sp³-hybridized carbons (Fsp3) is 0.385. The minimum Gasteiger partial charge on any atom is -0.478 e. The lowest BCUT2D eigenvalue weighted by molar-refractivity contribution is 0.0221. The number of urea groups is 1. The molecule has 1 aliphatic rings. The number of carbonyl (C=O) groups excluding carboxylic acids is 1. The average Bonchev–Trinajstić information content (AvgIpc) is 2.41. The first-order valence-corrected chi connectivity index (χ1v) is 6.97. The van der Waals surface area contributed by atoms with Crippen molar-refractivity contribution in [2.45, 2.75) is 13.0 Å². The van der Waals surface area contributed by atoms with E-state index in [9.17, 15) is 9.59 Å². The second-order valence-electron chi connectivity index (χ2n) is 4.52. The fourth-order valence-corrected chi connectivity index (χ4v) is 2.50. The molecular weight excluding hydrogens is 328 g/mol. The van der Waals surface area contributed by atoms with Crippen molar-refractivity contribution in [2.75, 3.05) is 25.1 Å². The van der Waals surface area contributed by atoms with E-state index in [4.69, 9.17) is 9.84 Å². The van der Waals surface area contributed by atoms with Gasteiger partial charge in [0.15, 0.2) is 0 Å². The molecule has 1 unspecified atom stereocenters. The number of anilines is 1. The van der Waals surface area contributed by atoms with Crippen LogP contribution in [0.2, 0.25) is 0 Å². The number of hydrogen-bond donors (Lipinski definition) is 2. The third-order valence-electron chi connectivity index (χ3n) is 3.10. The van der Waals surface area contributed by atoms with Crippen molar-refractivity contribution in [1.29, 1.82) is 0 Å². The second kappa shape index (κ2) is 6.23. The fourth-order valence-electron chi connectivity index (χ4n) is 2.04. The minimum absolute atomic E-state index is 0.0421. The Labute approximate surface area is 124 Å². The Morgan fingerprint density at radius 1 is 1.50 bits per heavy atom. The lowest BCUT2D eigenvalue weighted by atomic mass is 10.2. The molecule has 0 spiro atoms. The second-order valence-corrected chi connectivity index (χ2v) is 5.37. The molecule has 1 aromatic rings. The third-order valence-corrected chi connectivity index (χ3v) is 3.77. The SMILES string of the molecule is CC1COCCN1C(=O)Nc1c(Br)cccc1C(=O)O. The van der Waals surface area contributed by atoms with Crippen molar-refractivity contribution in [2.24, 2.45) is 0 Å². The van der Waals surface area contributed by atoms with Crippen LogP contribution in [0.3, 0.4) is 0 Å². The average molecular weight is 343 g/mol. The van der Waals surface area contributed by atoms with Gasteiger partial charge in [-0.3, -0.25) is 0 Å². The number of carboxylic acids is 1. The van der Waals surface area contributed by atoms with Gasteiger partial charge >= 0.3 is 12.0 Å². The Balaban J connectivity index is 2.21. The molecule has 0 bridgehead atoms. The molecule has 1 heterocycles. The quantitative estimate of drug-likeness (QED) is 0.864. The zero-order valence-electron chi connectivity index (χ0n) is 10.9. The first kappa shape index (κ1) is 14.8. The third kappa shape index (κ3) is 3.10. The van der Waals surface area contributed by atoms with Gasteiger partial charge in [-0.25, -0.2) is 9.59 Å². The van der Waals surface area contributed by atoms with E-state index in [2.05, 4.69) is 21.2 Å². The van der Waals surface area contributed by atoms with E-state index in [0.29, 0.717) is 24.2 Å². The summed E-state index contributed by atoms with van der Waals surface area (Å²) in [6, 6.07) is 4.38. The molecule has 1 fully saturated rings. The van der Waals surface area contributed by atoms with Crippen molar-refractivity contribution in [3.63, 3.8) is 0 Å². The van der Waals surface area contributed by atoms with Gasteiger partial charge in [-0.2, -0.15) is 0 Å². The number of benzene rings is 1. The van der Waals surface area contributed by atoms with Crippen LogP contribution in [-0.4, -0.2) is 47.8 Å². The molecule has 2 amide bonds. The Morgan fingerprint density at radius 3 is 2.90 bits per heavy atom. The number of carbonyl (C=O) groups is 2. The first-order chi connectivity index (χ1) is 9.50. The van der Waals surface area contributed by atoms with Crippen LogP contribution >= 0.6 is 15.9 Å². The topological polar surface area (TPSA) is 78.9 Å². The van der Waals surface area contributed by atoms with Crippen LogP contribution in [0.25, 0.3) is 0 Å². The summed E-state index contributed by atoms with van der Waals surface area (Å²) >= 11 is 3.26. The van der Waals surface area contributed by atoms with Gasteiger partial charge in [0.25, 0.3) is 0 Å². The predicted octanol–water partition coefficient (Wildman–Crippen LogP) is 2.40. The molecule has 6 nitrogen and oxygen atoms in total. The Hall–Kier alpha value is -1.60. The molecule has 2 N–H and O–H groups in total. The van der Waals surface area contributed by atoms with Crippen molar-refractivity contribution in [1.82, 2.24) is 4.90 Å². The highest BCUT2D eigenvalue weighted by Gasteiger charge is 2.25. The number of amides is 2. The first-order valence-electron chi connectivity index (χ1n) is 6.18. The summed E-state index contributed by atoms with van der Waals surface area (Å²) in [5, 5.41) is 11.8. The van der Waals surface area contributed by atoms with Gasteiger partial charge in [0.05, 0.1) is 30.5 Å². The molecule has 108 valence electrons. The van der Waals surface area contributed by atoms with Crippen LogP contribution in [0, 0.1) is 0 Å². The standard InChI is InChI=1S/C13H15BrN2O4/c1-8-7-20-6-5-16(8)13(19)15-11-9(12(17)18)3-2-4-10(11)14/h2-4,8H,5-7H2,1H3,(H,15,19)(H,17,18). The monoisotopic (exact) mass is 342 g/mol. The lowest BCUT2D eigenvalue weighted by Crippen LogP contribution is -2.49. The number of nitrogens with one attached hydrogen (secondary N) is 1. The van der Waals surface area contributed by atoms with E-state index < -0.39 is 5.97 Å². The van der Waals surface area contributed by atoms with Crippen LogP contribution in [0.1, 0.15) is 17.3 Å². The Bertz CT molecular complexity index is 535. The molecule has 1 atom stereocenters. The molecule has 7 heteroatoms. The van der Waals surface area contributed by atoms with Crippen molar-refractivity contribution in [3.05, 3.63) is 28.2 Å². The number of ether oxygens (including phenoxy) is 1. The van der Waals surface area contributed by atoms with Crippen LogP contribution in [0.5, 0.6) is 0 Å². The van der Waals surface area contributed by atoms with Crippen molar-refractivity contribution >= 4 is 33.6 Å². The summed E-state index contributed by atoms with van der Waals surface area (Å²) in [5.74, 6) is -1.09. The van der Waals surface area contributed by atoms with Gasteiger partial charge in [-0.15, -0.1) is 0 Å². The van der Waals surface area contributed by atoms with Crippen molar-refractivity contribution in [3.8, 4) is 0 Å². The van der Waals surface area contributed by atoms with Gasteiger partial charge in [-0.05, 0) is 35.0 Å². The molecule has 1 aromatic carbocycles. The molecule has 0 aromatic heterocycles. The van der Waals surface area contributed by atoms with Gasteiger partial charge in [0.2, 0.25) is 0 Å². The largest absolute Gasteiger partial charge is 0.478 e. The molecule has 2 rings (SSSR count). The summed E-state index contributed by atoms with van der Waals surface area (Å²) < 4.78 is 5.81. The maximum atomic E-state index is 12.3. The van der Waals surface area contributed by atoms with E-state index in [1.54, 1.807) is 17.0 Å². The molecular formula is C13H15BrN2O4. The van der Waals surface area contributed by atoms with E-state index >= 15 is 0 Å². The molecule has 1 aliphatic heterocycles. The predicted molar refractivity (Wildman–Crippen MR) is 77.1 cm³/mol. The Morgan fingerprint density at radius 2 is 2.25 bits per heavy atom. The number of aromatic carboxylic acids is 1. The Kier molecular flexibility index (Phi) is 4.61. The summed E-state index contributed by atoms with van der Waals surface area (Å²) in [4.78, 5) is 25.1. The molecule has 0 aliphatic carbocycles. The summed E-state index contributed by atoms with van der Waals surface area (Å²) in [5.41, 5.74) is 0.317. The summed E-state index contributed by atoms with van der Waals surface area (Å²) in [7, 11) is 0. The number of carboxylic acid groups (broad SMARTS) is 1. The molecule has 0 radical (unpaired) electrons. The number of nitrogens with zero attached hydrogens (tertiary/aromatic N) is 1. The van der Waals surface area contributed by atoms with Gasteiger partial charge in [0, 0.05) is 11.0 Å². The zero-order chi connectivity index (χ0) is 14.7. The number of rotatable bonds is 2. The number of morpholine rings is 1. The number of hydrogen-bond acceptors (Lipinski definition) is 3. The number of para-hydroxylation sites is 1. The highest BCUT2D eigenvalue weighted by Crippen LogP contribution is 2.27. The van der Waals surface area contributed by atoms with E-state index in [-0.39, 0.29) is 23.3 Å². The normalized spacial score (nSPS) is 18.7. The van der Waals surface area contributed by atoms with E-state index in [1.165, 1.54) is 6.07 Å². The van der Waals surface area contributed by atoms with Crippen LogP contribution in [0.4, 0.5) is 10.5 Å². The van der Waals surface area contributed by atoms with Crippen LogP contribution in [0.15, 0.2) is 22.7 Å². The molecule has 1 saturated heterocycles. The zero-order valence-corrected chi connectivity index (χ0v) is 12.5. The maximum Gasteiger partial charge on any atom is 0.337 e. The van der Waals surface area contributed by atoms with E-state index in [1.807, 2.05) is 6.92 Å². The van der Waals surface area contributed by atoms with Crippen LogP contribution < -0.4 is 5.32 Å². The highest BCUT2D eigenvalue weighted by molar-refractivity contribution is 9.10. The van der Waals surface area contributed by atoms with Gasteiger partial charge in [-0.1, -0.05) is 6.07 Å². The van der Waals surface area contributed by atoms with E-state index in [0.717, 1.165) is 0 Å². The highest BCUT2D eigenvalue weighted by atomic mass is 79.9. The van der Waals surface area contributed by atoms with Gasteiger partial charge in [0.1, 0.15) is 0 Å².